The van der Waals surface area contributed by atoms with Crippen LogP contribution in [0.25, 0.3) is 10.9 Å². The summed E-state index contributed by atoms with van der Waals surface area (Å²) >= 11 is 0. The number of hydrogen-bond donors (Lipinski definition) is 0. The van der Waals surface area contributed by atoms with Crippen molar-refractivity contribution in [1.29, 1.82) is 0 Å². The molecular formula is C21H23N5O2. The third-order valence-corrected chi connectivity index (χ3v) is 5.25. The van der Waals surface area contributed by atoms with E-state index in [0.29, 0.717) is 24.0 Å². The second-order valence-corrected chi connectivity index (χ2v) is 7.12. The molecule has 2 aromatic carbocycles. The molecule has 0 radical (unpaired) electrons. The normalized spacial score (nSPS) is 16.2. The maximum atomic E-state index is 12.9. The van der Waals surface area contributed by atoms with Gasteiger partial charge in [-0.1, -0.05) is 47.7 Å². The van der Waals surface area contributed by atoms with Crippen molar-refractivity contribution in [2.75, 3.05) is 26.2 Å². The maximum absolute atomic E-state index is 12.9. The van der Waals surface area contributed by atoms with Crippen molar-refractivity contribution in [1.82, 2.24) is 24.8 Å². The molecule has 7 nitrogen and oxygen atoms in total. The van der Waals surface area contributed by atoms with E-state index in [4.69, 9.17) is 0 Å². The lowest BCUT2D eigenvalue weighted by Gasteiger charge is -2.35. The Morgan fingerprint density at radius 1 is 1.00 bits per heavy atom. The molecule has 1 aliphatic heterocycles. The average Bonchev–Trinajstić information content (AvgIpc) is 2.74. The van der Waals surface area contributed by atoms with Crippen LogP contribution in [0, 0.1) is 0 Å². The Labute approximate surface area is 163 Å². The van der Waals surface area contributed by atoms with Crippen molar-refractivity contribution in [3.8, 4) is 0 Å². The number of hydrogen-bond acceptors (Lipinski definition) is 5. The third-order valence-electron chi connectivity index (χ3n) is 5.25. The highest BCUT2D eigenvalue weighted by atomic mass is 16.2. The van der Waals surface area contributed by atoms with E-state index in [-0.39, 0.29) is 11.5 Å². The van der Waals surface area contributed by atoms with Gasteiger partial charge in [0.05, 0.1) is 5.39 Å². The van der Waals surface area contributed by atoms with Gasteiger partial charge >= 0.3 is 0 Å². The highest BCUT2D eigenvalue weighted by molar-refractivity contribution is 5.81. The van der Waals surface area contributed by atoms with Gasteiger partial charge in [0.1, 0.15) is 11.6 Å². The van der Waals surface area contributed by atoms with Crippen molar-refractivity contribution < 1.29 is 4.79 Å². The second-order valence-electron chi connectivity index (χ2n) is 7.12. The molecule has 0 aliphatic carbocycles. The molecule has 0 spiro atoms. The molecule has 1 aromatic heterocycles. The summed E-state index contributed by atoms with van der Waals surface area (Å²) in [4.78, 5) is 29.8. The van der Waals surface area contributed by atoms with E-state index < -0.39 is 6.04 Å². The van der Waals surface area contributed by atoms with Crippen LogP contribution in [-0.2, 0) is 11.3 Å². The standard InChI is InChI=1S/C21H23N5O2/c1-16(26-21(28)18-9-5-6-10-19(18)22-23-26)20(27)25-13-11-24(12-14-25)15-17-7-3-2-4-8-17/h2-10,16H,11-15H2,1H3/t16-/m0/s1. The van der Waals surface area contributed by atoms with E-state index in [0.717, 1.165) is 19.6 Å². The quantitative estimate of drug-likeness (QED) is 0.692. The van der Waals surface area contributed by atoms with Gasteiger partial charge in [0, 0.05) is 32.7 Å². The summed E-state index contributed by atoms with van der Waals surface area (Å²) in [6.07, 6.45) is 0. The van der Waals surface area contributed by atoms with E-state index in [1.807, 2.05) is 29.2 Å². The van der Waals surface area contributed by atoms with Crippen molar-refractivity contribution in [3.63, 3.8) is 0 Å². The van der Waals surface area contributed by atoms with Gasteiger partial charge in [0.15, 0.2) is 0 Å². The predicted octanol–water partition coefficient (Wildman–Crippen LogP) is 1.70. The second kappa shape index (κ2) is 7.90. The minimum atomic E-state index is -0.676. The fraction of sp³-hybridized carbons (Fsp3) is 0.333. The Morgan fingerprint density at radius 2 is 1.68 bits per heavy atom. The Morgan fingerprint density at radius 3 is 2.43 bits per heavy atom. The number of aromatic nitrogens is 3. The van der Waals surface area contributed by atoms with E-state index in [2.05, 4.69) is 27.3 Å². The highest BCUT2D eigenvalue weighted by Gasteiger charge is 2.27. The van der Waals surface area contributed by atoms with Crippen LogP contribution in [0.5, 0.6) is 0 Å². The van der Waals surface area contributed by atoms with E-state index in [1.165, 1.54) is 10.2 Å². The molecule has 0 unspecified atom stereocenters. The van der Waals surface area contributed by atoms with Gasteiger partial charge in [-0.25, -0.2) is 0 Å². The number of carbonyl (C=O) groups is 1. The number of rotatable bonds is 4. The third kappa shape index (κ3) is 3.66. The number of amides is 1. The van der Waals surface area contributed by atoms with Crippen molar-refractivity contribution in [2.24, 2.45) is 0 Å². The summed E-state index contributed by atoms with van der Waals surface area (Å²) in [5.41, 5.74) is 1.53. The van der Waals surface area contributed by atoms with Crippen molar-refractivity contribution in [3.05, 3.63) is 70.5 Å². The van der Waals surface area contributed by atoms with Gasteiger partial charge in [-0.2, -0.15) is 4.68 Å². The summed E-state index contributed by atoms with van der Waals surface area (Å²) in [5.74, 6) is -0.0916. The van der Waals surface area contributed by atoms with Gasteiger partial charge < -0.3 is 4.90 Å². The number of piperazine rings is 1. The monoisotopic (exact) mass is 377 g/mol. The lowest BCUT2D eigenvalue weighted by atomic mass is 10.2. The van der Waals surface area contributed by atoms with Crippen LogP contribution in [0.15, 0.2) is 59.4 Å². The number of nitrogens with zero attached hydrogens (tertiary/aromatic N) is 5. The Hall–Kier alpha value is -3.06. The minimum absolute atomic E-state index is 0.0916. The molecule has 1 saturated heterocycles. The molecule has 144 valence electrons. The van der Waals surface area contributed by atoms with Crippen molar-refractivity contribution in [2.45, 2.75) is 19.5 Å². The van der Waals surface area contributed by atoms with Gasteiger partial charge in [-0.3, -0.25) is 14.5 Å². The molecule has 1 atom stereocenters. The first-order valence-electron chi connectivity index (χ1n) is 9.53. The van der Waals surface area contributed by atoms with E-state index in [9.17, 15) is 9.59 Å². The van der Waals surface area contributed by atoms with Gasteiger partial charge in [-0.15, -0.1) is 5.10 Å². The molecule has 3 aromatic rings. The van der Waals surface area contributed by atoms with Crippen LogP contribution in [-0.4, -0.2) is 56.9 Å². The lowest BCUT2D eigenvalue weighted by Crippen LogP contribution is -2.50. The summed E-state index contributed by atoms with van der Waals surface area (Å²) in [6.45, 7) is 5.51. The van der Waals surface area contributed by atoms with E-state index in [1.54, 1.807) is 25.1 Å². The Kier molecular flexibility index (Phi) is 5.16. The van der Waals surface area contributed by atoms with Gasteiger partial charge in [0.2, 0.25) is 5.91 Å². The van der Waals surface area contributed by atoms with Gasteiger partial charge in [0.25, 0.3) is 5.56 Å². The van der Waals surface area contributed by atoms with Gasteiger partial charge in [-0.05, 0) is 24.6 Å². The molecule has 7 heteroatoms. The topological polar surface area (TPSA) is 71.3 Å². The van der Waals surface area contributed by atoms with Crippen LogP contribution >= 0.6 is 0 Å². The Bertz CT molecular complexity index is 1030. The highest BCUT2D eigenvalue weighted by Crippen LogP contribution is 2.13. The first-order valence-corrected chi connectivity index (χ1v) is 9.53. The molecule has 0 saturated carbocycles. The fourth-order valence-electron chi connectivity index (χ4n) is 3.59. The molecule has 2 heterocycles. The zero-order valence-electron chi connectivity index (χ0n) is 15.9. The summed E-state index contributed by atoms with van der Waals surface area (Å²) < 4.78 is 1.20. The van der Waals surface area contributed by atoms with Crippen LogP contribution in [0.3, 0.4) is 0 Å². The molecule has 1 aliphatic rings. The SMILES string of the molecule is C[C@@H](C(=O)N1CCN(Cc2ccccc2)CC1)n1nnc2ccccc2c1=O. The summed E-state index contributed by atoms with van der Waals surface area (Å²) in [6, 6.07) is 16.7. The summed E-state index contributed by atoms with van der Waals surface area (Å²) in [7, 11) is 0. The van der Waals surface area contributed by atoms with Crippen LogP contribution in [0.2, 0.25) is 0 Å². The van der Waals surface area contributed by atoms with Crippen molar-refractivity contribution >= 4 is 16.8 Å². The van der Waals surface area contributed by atoms with Crippen LogP contribution in [0.4, 0.5) is 0 Å². The first-order chi connectivity index (χ1) is 13.6. The maximum Gasteiger partial charge on any atom is 0.278 e. The van der Waals surface area contributed by atoms with Crippen LogP contribution in [0.1, 0.15) is 18.5 Å². The summed E-state index contributed by atoms with van der Waals surface area (Å²) in [5, 5.41) is 8.55. The number of benzene rings is 2. The number of carbonyl (C=O) groups excluding carboxylic acids is 1. The smallest absolute Gasteiger partial charge is 0.278 e. The average molecular weight is 377 g/mol. The van der Waals surface area contributed by atoms with Crippen LogP contribution < -0.4 is 5.56 Å². The molecule has 1 fully saturated rings. The molecule has 4 rings (SSSR count). The minimum Gasteiger partial charge on any atom is -0.338 e. The zero-order valence-corrected chi connectivity index (χ0v) is 15.9. The molecule has 28 heavy (non-hydrogen) atoms. The fourth-order valence-corrected chi connectivity index (χ4v) is 3.59. The first kappa shape index (κ1) is 18.3. The molecule has 1 amide bonds. The Balaban J connectivity index is 1.43. The predicted molar refractivity (Wildman–Crippen MR) is 107 cm³/mol. The lowest BCUT2D eigenvalue weighted by molar-refractivity contribution is -0.136. The largest absolute Gasteiger partial charge is 0.338 e. The van der Waals surface area contributed by atoms with E-state index >= 15 is 0 Å². The molecular weight excluding hydrogens is 354 g/mol. The molecule has 0 bridgehead atoms. The molecule has 0 N–H and O–H groups in total. The zero-order chi connectivity index (χ0) is 19.5. The number of fused-ring (bicyclic) bond motifs is 1.